The number of rotatable bonds is 3. The number of likely N-dealkylation sites (tertiary alicyclic amines) is 1. The average molecular weight is 367 g/mol. The molecule has 2 aliphatic carbocycles. The second-order valence-electron chi connectivity index (χ2n) is 8.81. The predicted molar refractivity (Wildman–Crippen MR) is 107 cm³/mol. The van der Waals surface area contributed by atoms with Crippen LogP contribution in [0.15, 0.2) is 24.3 Å². The van der Waals surface area contributed by atoms with Crippen molar-refractivity contribution in [2.45, 2.75) is 57.0 Å². The number of benzene rings is 1. The van der Waals surface area contributed by atoms with Gasteiger partial charge < -0.3 is 14.9 Å². The van der Waals surface area contributed by atoms with Crippen molar-refractivity contribution in [3.63, 3.8) is 0 Å². The van der Waals surface area contributed by atoms with Gasteiger partial charge >= 0.3 is 0 Å². The van der Waals surface area contributed by atoms with Crippen LogP contribution in [0.25, 0.3) is 5.57 Å². The molecule has 1 saturated heterocycles. The van der Waals surface area contributed by atoms with E-state index in [0.29, 0.717) is 11.8 Å². The molecule has 1 aromatic carbocycles. The van der Waals surface area contributed by atoms with Gasteiger partial charge in [-0.05, 0) is 73.8 Å². The summed E-state index contributed by atoms with van der Waals surface area (Å²) < 4.78 is 0. The third-order valence-corrected chi connectivity index (χ3v) is 7.22. The maximum Gasteiger partial charge on any atom is 0.226 e. The Morgan fingerprint density at radius 1 is 1.22 bits per heavy atom. The van der Waals surface area contributed by atoms with Crippen LogP contribution in [0, 0.1) is 11.8 Å². The second kappa shape index (κ2) is 6.66. The normalized spacial score (nSPS) is 30.0. The van der Waals surface area contributed by atoms with Gasteiger partial charge in [0.2, 0.25) is 5.91 Å². The fourth-order valence-corrected chi connectivity index (χ4v) is 5.57. The standard InChI is InChI=1S/C23H30N2O2/c1-24-20-10-9-17(15-5-3-2-4-6-15)13-19(20)22-18(21(24)14-26)11-12-25(22)23(27)16-7-8-16/h5,9-10,13,16,18,21-22,26H,2-4,6-8,11-12,14H2,1H3/t18-,21+,22-/m0/s1. The quantitative estimate of drug-likeness (QED) is 0.886. The van der Waals surface area contributed by atoms with Crippen molar-refractivity contribution in [3.8, 4) is 0 Å². The Hall–Kier alpha value is -1.81. The van der Waals surface area contributed by atoms with Crippen LogP contribution in [-0.2, 0) is 4.79 Å². The zero-order valence-electron chi connectivity index (χ0n) is 16.2. The van der Waals surface area contributed by atoms with Crippen LogP contribution in [0.4, 0.5) is 5.69 Å². The monoisotopic (exact) mass is 366 g/mol. The molecule has 2 fully saturated rings. The van der Waals surface area contributed by atoms with E-state index in [1.165, 1.54) is 41.6 Å². The number of likely N-dealkylation sites (N-methyl/N-ethyl adjacent to an activating group) is 1. The lowest BCUT2D eigenvalue weighted by Crippen LogP contribution is -2.48. The molecule has 0 radical (unpaired) electrons. The number of nitrogens with zero attached hydrogens (tertiary/aromatic N) is 2. The van der Waals surface area contributed by atoms with E-state index in [-0.39, 0.29) is 24.6 Å². The zero-order chi connectivity index (χ0) is 18.5. The van der Waals surface area contributed by atoms with E-state index in [1.807, 2.05) is 0 Å². The largest absolute Gasteiger partial charge is 0.394 e. The molecule has 1 N–H and O–H groups in total. The number of fused-ring (bicyclic) bond motifs is 3. The molecule has 144 valence electrons. The lowest BCUT2D eigenvalue weighted by atomic mass is 9.80. The van der Waals surface area contributed by atoms with E-state index >= 15 is 0 Å². The molecule has 0 bridgehead atoms. The van der Waals surface area contributed by atoms with Gasteiger partial charge in [-0.3, -0.25) is 4.79 Å². The van der Waals surface area contributed by atoms with E-state index in [9.17, 15) is 9.90 Å². The van der Waals surface area contributed by atoms with Crippen molar-refractivity contribution in [1.82, 2.24) is 4.90 Å². The highest BCUT2D eigenvalue weighted by molar-refractivity contribution is 5.83. The minimum atomic E-state index is 0.0965. The molecule has 4 heteroatoms. The van der Waals surface area contributed by atoms with E-state index in [1.54, 1.807) is 0 Å². The van der Waals surface area contributed by atoms with Crippen LogP contribution in [-0.4, -0.2) is 42.2 Å². The molecule has 0 spiro atoms. The molecule has 0 unspecified atom stereocenters. The van der Waals surface area contributed by atoms with Gasteiger partial charge in [-0.2, -0.15) is 0 Å². The number of carbonyl (C=O) groups is 1. The van der Waals surface area contributed by atoms with Crippen LogP contribution in [0.2, 0.25) is 0 Å². The van der Waals surface area contributed by atoms with Gasteiger partial charge in [-0.1, -0.05) is 12.1 Å². The van der Waals surface area contributed by atoms with Gasteiger partial charge in [-0.15, -0.1) is 0 Å². The summed E-state index contributed by atoms with van der Waals surface area (Å²) >= 11 is 0. The molecule has 4 nitrogen and oxygen atoms in total. The Labute approximate surface area is 161 Å². The molecule has 3 atom stereocenters. The number of anilines is 1. The fourth-order valence-electron chi connectivity index (χ4n) is 5.57. The van der Waals surface area contributed by atoms with Crippen LogP contribution < -0.4 is 4.90 Å². The fraction of sp³-hybridized carbons (Fsp3) is 0.609. The first-order valence-corrected chi connectivity index (χ1v) is 10.7. The lowest BCUT2D eigenvalue weighted by Gasteiger charge is -2.44. The highest BCUT2D eigenvalue weighted by Crippen LogP contribution is 2.50. The number of aliphatic hydroxyl groups excluding tert-OH is 1. The third kappa shape index (κ3) is 2.80. The molecule has 2 heterocycles. The van der Waals surface area contributed by atoms with E-state index in [2.05, 4.69) is 41.1 Å². The number of allylic oxidation sites excluding steroid dienone is 2. The lowest BCUT2D eigenvalue weighted by molar-refractivity contribution is -0.134. The van der Waals surface area contributed by atoms with E-state index in [0.717, 1.165) is 32.2 Å². The predicted octanol–water partition coefficient (Wildman–Crippen LogP) is 3.75. The van der Waals surface area contributed by atoms with Crippen LogP contribution in [0.1, 0.15) is 62.1 Å². The number of hydrogen-bond acceptors (Lipinski definition) is 3. The molecule has 4 aliphatic rings. The topological polar surface area (TPSA) is 43.8 Å². The Morgan fingerprint density at radius 3 is 2.78 bits per heavy atom. The molecule has 2 aliphatic heterocycles. The van der Waals surface area contributed by atoms with Crippen molar-refractivity contribution in [1.29, 1.82) is 0 Å². The Balaban J connectivity index is 1.58. The molecule has 27 heavy (non-hydrogen) atoms. The number of carbonyl (C=O) groups excluding carboxylic acids is 1. The smallest absolute Gasteiger partial charge is 0.226 e. The van der Waals surface area contributed by atoms with Crippen LogP contribution in [0.3, 0.4) is 0 Å². The van der Waals surface area contributed by atoms with E-state index in [4.69, 9.17) is 0 Å². The number of aliphatic hydroxyl groups is 1. The van der Waals surface area contributed by atoms with Crippen LogP contribution >= 0.6 is 0 Å². The SMILES string of the molecule is CN1c2ccc(C3=CCCCC3)cc2[C@@H]2[C@@H](CCN2C(=O)C2CC2)[C@H]1CO. The van der Waals surface area contributed by atoms with Crippen LogP contribution in [0.5, 0.6) is 0 Å². The van der Waals surface area contributed by atoms with Crippen molar-refractivity contribution in [2.75, 3.05) is 25.1 Å². The van der Waals surface area contributed by atoms with Gasteiger partial charge in [0.05, 0.1) is 18.7 Å². The molecular weight excluding hydrogens is 336 g/mol. The summed E-state index contributed by atoms with van der Waals surface area (Å²) in [5.74, 6) is 0.923. The van der Waals surface area contributed by atoms with Gasteiger partial charge in [0, 0.05) is 31.1 Å². The Kier molecular flexibility index (Phi) is 4.27. The minimum Gasteiger partial charge on any atom is -0.394 e. The summed E-state index contributed by atoms with van der Waals surface area (Å²) in [5.41, 5.74) is 5.27. The van der Waals surface area contributed by atoms with Crippen molar-refractivity contribution in [2.24, 2.45) is 11.8 Å². The zero-order valence-corrected chi connectivity index (χ0v) is 16.2. The maximum atomic E-state index is 13.0. The summed E-state index contributed by atoms with van der Waals surface area (Å²) in [4.78, 5) is 17.4. The van der Waals surface area contributed by atoms with Gasteiger partial charge in [0.1, 0.15) is 0 Å². The highest BCUT2D eigenvalue weighted by Gasteiger charge is 2.49. The van der Waals surface area contributed by atoms with Crippen molar-refractivity contribution in [3.05, 3.63) is 35.4 Å². The minimum absolute atomic E-state index is 0.0965. The third-order valence-electron chi connectivity index (χ3n) is 7.22. The second-order valence-corrected chi connectivity index (χ2v) is 8.81. The summed E-state index contributed by atoms with van der Waals surface area (Å²) in [7, 11) is 2.10. The number of amides is 1. The highest BCUT2D eigenvalue weighted by atomic mass is 16.3. The Bertz CT molecular complexity index is 783. The molecule has 1 saturated carbocycles. The van der Waals surface area contributed by atoms with Gasteiger partial charge in [0.25, 0.3) is 0 Å². The molecule has 0 aromatic heterocycles. The van der Waals surface area contributed by atoms with Crippen molar-refractivity contribution >= 4 is 17.2 Å². The molecule has 5 rings (SSSR count). The first-order valence-electron chi connectivity index (χ1n) is 10.7. The maximum absolute atomic E-state index is 13.0. The summed E-state index contributed by atoms with van der Waals surface area (Å²) in [5, 5.41) is 10.1. The summed E-state index contributed by atoms with van der Waals surface area (Å²) in [6.07, 6.45) is 10.4. The van der Waals surface area contributed by atoms with Gasteiger partial charge in [-0.25, -0.2) is 0 Å². The Morgan fingerprint density at radius 2 is 2.07 bits per heavy atom. The molecule has 1 amide bonds. The van der Waals surface area contributed by atoms with Gasteiger partial charge in [0.15, 0.2) is 0 Å². The summed E-state index contributed by atoms with van der Waals surface area (Å²) in [6, 6.07) is 7.04. The first-order chi connectivity index (χ1) is 13.2. The first kappa shape index (κ1) is 17.3. The molecular formula is C23H30N2O2. The van der Waals surface area contributed by atoms with Crippen molar-refractivity contribution < 1.29 is 9.90 Å². The molecule has 1 aromatic rings. The average Bonchev–Trinajstić information content (AvgIpc) is 3.47. The number of hydrogen-bond donors (Lipinski definition) is 1. The summed E-state index contributed by atoms with van der Waals surface area (Å²) in [6.45, 7) is 0.983. The van der Waals surface area contributed by atoms with E-state index < -0.39 is 0 Å².